The topological polar surface area (TPSA) is 90.9 Å². The van der Waals surface area contributed by atoms with Gasteiger partial charge in [-0.2, -0.15) is 0 Å². The molecule has 8 heteroatoms. The molecule has 0 bridgehead atoms. The van der Waals surface area contributed by atoms with Crippen LogP contribution in [0.5, 0.6) is 0 Å². The highest BCUT2D eigenvalue weighted by molar-refractivity contribution is 7.91. The Morgan fingerprint density at radius 2 is 2.08 bits per heavy atom. The highest BCUT2D eigenvalue weighted by atomic mass is 32.2. The van der Waals surface area contributed by atoms with Gasteiger partial charge in [0.1, 0.15) is 0 Å². The Bertz CT molecular complexity index is 589. The Labute approximate surface area is 151 Å². The van der Waals surface area contributed by atoms with Gasteiger partial charge < -0.3 is 15.5 Å². The number of amides is 1. The number of carbonyl (C=O) groups is 1. The van der Waals surface area contributed by atoms with Crippen LogP contribution in [0.4, 0.5) is 0 Å². The number of guanidine groups is 1. The summed E-state index contributed by atoms with van der Waals surface area (Å²) in [6.45, 7) is 7.03. The molecule has 2 aliphatic heterocycles. The first kappa shape index (κ1) is 20.0. The lowest BCUT2D eigenvalue weighted by Gasteiger charge is -2.22. The predicted octanol–water partition coefficient (Wildman–Crippen LogP) is 0.623. The molecule has 2 aliphatic rings. The summed E-state index contributed by atoms with van der Waals surface area (Å²) in [5, 5.41) is 6.07. The lowest BCUT2D eigenvalue weighted by atomic mass is 9.97. The van der Waals surface area contributed by atoms with Crippen LogP contribution in [-0.4, -0.2) is 69.4 Å². The first-order valence-corrected chi connectivity index (χ1v) is 11.1. The second-order valence-corrected chi connectivity index (χ2v) is 9.85. The number of likely N-dealkylation sites (tertiary alicyclic amines) is 1. The molecule has 2 unspecified atom stereocenters. The third-order valence-electron chi connectivity index (χ3n) is 4.83. The summed E-state index contributed by atoms with van der Waals surface area (Å²) >= 11 is 0. The molecule has 0 aromatic rings. The van der Waals surface area contributed by atoms with E-state index in [1.807, 2.05) is 0 Å². The summed E-state index contributed by atoms with van der Waals surface area (Å²) in [7, 11) is -1.19. The van der Waals surface area contributed by atoms with E-state index in [0.717, 1.165) is 19.0 Å². The van der Waals surface area contributed by atoms with Gasteiger partial charge in [0.15, 0.2) is 15.8 Å². The van der Waals surface area contributed by atoms with E-state index in [0.29, 0.717) is 31.2 Å². The number of nitrogens with one attached hydrogen (secondary N) is 2. The molecule has 2 saturated heterocycles. The van der Waals surface area contributed by atoms with Gasteiger partial charge in [-0.25, -0.2) is 8.42 Å². The summed E-state index contributed by atoms with van der Waals surface area (Å²) in [5.74, 6) is 2.41. The van der Waals surface area contributed by atoms with Gasteiger partial charge >= 0.3 is 0 Å². The molecule has 2 heterocycles. The Kier molecular flexibility index (Phi) is 7.10. The predicted molar refractivity (Wildman–Crippen MR) is 100 cm³/mol. The molecule has 0 aromatic carbocycles. The lowest BCUT2D eigenvalue weighted by molar-refractivity contribution is -0.121. The minimum atomic E-state index is -2.96. The molecule has 2 fully saturated rings. The van der Waals surface area contributed by atoms with Crippen LogP contribution in [-0.2, 0) is 14.6 Å². The van der Waals surface area contributed by atoms with Gasteiger partial charge in [0.2, 0.25) is 5.91 Å². The molecule has 25 heavy (non-hydrogen) atoms. The molecular formula is C17H32N4O3S. The molecule has 144 valence electrons. The van der Waals surface area contributed by atoms with Crippen molar-refractivity contribution in [3.05, 3.63) is 0 Å². The third kappa shape index (κ3) is 6.49. The Morgan fingerprint density at radius 3 is 2.68 bits per heavy atom. The monoisotopic (exact) mass is 372 g/mol. The fraction of sp³-hybridized carbons (Fsp3) is 0.882. The Morgan fingerprint density at radius 1 is 1.32 bits per heavy atom. The normalized spacial score (nSPS) is 26.2. The molecule has 1 amide bonds. The lowest BCUT2D eigenvalue weighted by Crippen LogP contribution is -2.42. The number of aliphatic imine (C=N–C) groups is 1. The van der Waals surface area contributed by atoms with Crippen LogP contribution in [0.1, 0.15) is 39.5 Å². The van der Waals surface area contributed by atoms with Gasteiger partial charge in [-0.1, -0.05) is 13.8 Å². The average Bonchev–Trinajstić information content (AvgIpc) is 3.09. The zero-order valence-electron chi connectivity index (χ0n) is 15.6. The Balaban J connectivity index is 1.68. The van der Waals surface area contributed by atoms with Crippen LogP contribution in [0, 0.1) is 11.8 Å². The smallest absolute Gasteiger partial charge is 0.222 e. The van der Waals surface area contributed by atoms with Crippen LogP contribution in [0.3, 0.4) is 0 Å². The molecule has 0 aromatic heterocycles. The quantitative estimate of drug-likeness (QED) is 0.527. The second-order valence-electron chi connectivity index (χ2n) is 7.62. The van der Waals surface area contributed by atoms with E-state index >= 15 is 0 Å². The van der Waals surface area contributed by atoms with E-state index in [9.17, 15) is 13.2 Å². The fourth-order valence-corrected chi connectivity index (χ4v) is 5.39. The minimum absolute atomic E-state index is 0.0683. The second kappa shape index (κ2) is 8.87. The van der Waals surface area contributed by atoms with Crippen LogP contribution >= 0.6 is 0 Å². The summed E-state index contributed by atoms with van der Waals surface area (Å²) < 4.78 is 22.8. The summed E-state index contributed by atoms with van der Waals surface area (Å²) in [4.78, 5) is 18.6. The summed E-state index contributed by atoms with van der Waals surface area (Å²) in [6.07, 6.45) is 3.27. The van der Waals surface area contributed by atoms with Crippen molar-refractivity contribution >= 4 is 21.7 Å². The zero-order chi connectivity index (χ0) is 18.4. The highest BCUT2D eigenvalue weighted by Gasteiger charge is 2.29. The van der Waals surface area contributed by atoms with E-state index in [1.165, 1.54) is 12.8 Å². The molecular weight excluding hydrogens is 340 g/mol. The summed E-state index contributed by atoms with van der Waals surface area (Å²) in [6, 6.07) is -0.229. The van der Waals surface area contributed by atoms with Crippen molar-refractivity contribution in [2.75, 3.05) is 38.2 Å². The fourth-order valence-electron chi connectivity index (χ4n) is 3.71. The van der Waals surface area contributed by atoms with Crippen LogP contribution < -0.4 is 10.6 Å². The zero-order valence-corrected chi connectivity index (χ0v) is 16.4. The van der Waals surface area contributed by atoms with Crippen molar-refractivity contribution in [3.8, 4) is 0 Å². The van der Waals surface area contributed by atoms with E-state index in [4.69, 9.17) is 0 Å². The molecule has 2 atom stereocenters. The van der Waals surface area contributed by atoms with E-state index in [1.54, 1.807) is 7.05 Å². The maximum atomic E-state index is 12.0. The average molecular weight is 373 g/mol. The van der Waals surface area contributed by atoms with Gasteiger partial charge in [0.25, 0.3) is 0 Å². The largest absolute Gasteiger partial charge is 0.356 e. The first-order chi connectivity index (χ1) is 11.8. The number of hydrogen-bond donors (Lipinski definition) is 2. The molecule has 0 radical (unpaired) electrons. The van der Waals surface area contributed by atoms with Crippen molar-refractivity contribution in [2.45, 2.75) is 45.6 Å². The number of nitrogens with zero attached hydrogens (tertiary/aromatic N) is 2. The highest BCUT2D eigenvalue weighted by Crippen LogP contribution is 2.23. The van der Waals surface area contributed by atoms with Gasteiger partial charge in [-0.3, -0.25) is 9.79 Å². The van der Waals surface area contributed by atoms with Gasteiger partial charge in [0.05, 0.1) is 11.5 Å². The molecule has 2 rings (SSSR count). The van der Waals surface area contributed by atoms with E-state index in [-0.39, 0.29) is 23.5 Å². The number of rotatable bonds is 6. The molecule has 0 saturated carbocycles. The van der Waals surface area contributed by atoms with Crippen LogP contribution in [0.2, 0.25) is 0 Å². The van der Waals surface area contributed by atoms with Gasteiger partial charge in [-0.15, -0.1) is 0 Å². The van der Waals surface area contributed by atoms with E-state index < -0.39 is 9.84 Å². The number of sulfone groups is 1. The SMILES string of the molecule is CN=C(NCCC(=O)NC1CCS(=O)(=O)C1)N1CCC(CC(C)C)C1. The molecule has 0 spiro atoms. The number of carbonyl (C=O) groups excluding carboxylic acids is 1. The minimum Gasteiger partial charge on any atom is -0.356 e. The first-order valence-electron chi connectivity index (χ1n) is 9.24. The molecule has 2 N–H and O–H groups in total. The Hall–Kier alpha value is -1.31. The standard InChI is InChI=1S/C17H32N4O3S/c1-13(2)10-14-5-8-21(11-14)17(18-3)19-7-4-16(22)20-15-6-9-25(23,24)12-15/h13-15H,4-12H2,1-3H3,(H,18,19)(H,20,22). The molecule has 7 nitrogen and oxygen atoms in total. The third-order valence-corrected chi connectivity index (χ3v) is 6.60. The van der Waals surface area contributed by atoms with Crippen molar-refractivity contribution in [1.29, 1.82) is 0 Å². The van der Waals surface area contributed by atoms with Gasteiger partial charge in [0, 0.05) is 39.1 Å². The molecule has 0 aliphatic carbocycles. The number of hydrogen-bond acceptors (Lipinski definition) is 4. The summed E-state index contributed by atoms with van der Waals surface area (Å²) in [5.41, 5.74) is 0. The van der Waals surface area contributed by atoms with Crippen molar-refractivity contribution in [1.82, 2.24) is 15.5 Å². The van der Waals surface area contributed by atoms with Gasteiger partial charge in [-0.05, 0) is 31.1 Å². The van der Waals surface area contributed by atoms with Crippen molar-refractivity contribution < 1.29 is 13.2 Å². The maximum absolute atomic E-state index is 12.0. The van der Waals surface area contributed by atoms with Crippen LogP contribution in [0.15, 0.2) is 4.99 Å². The van der Waals surface area contributed by atoms with Crippen molar-refractivity contribution in [3.63, 3.8) is 0 Å². The maximum Gasteiger partial charge on any atom is 0.222 e. The van der Waals surface area contributed by atoms with Crippen LogP contribution in [0.25, 0.3) is 0 Å². The van der Waals surface area contributed by atoms with Crippen molar-refractivity contribution in [2.24, 2.45) is 16.8 Å². The van der Waals surface area contributed by atoms with E-state index in [2.05, 4.69) is 34.4 Å².